The van der Waals surface area contributed by atoms with Crippen molar-refractivity contribution in [3.8, 4) is 0 Å². The fraction of sp³-hybridized carbons (Fsp3) is 0.500. The van der Waals surface area contributed by atoms with Gasteiger partial charge < -0.3 is 10.6 Å². The number of carbonyl (C=O) groups excluding carboxylic acids is 5. The van der Waals surface area contributed by atoms with Crippen LogP contribution in [0.3, 0.4) is 0 Å². The second-order valence-corrected chi connectivity index (χ2v) is 9.39. The molecule has 11 heteroatoms. The lowest BCUT2D eigenvalue weighted by molar-refractivity contribution is -0.141. The Kier molecular flexibility index (Phi) is 5.81. The van der Waals surface area contributed by atoms with E-state index in [1.807, 2.05) is 0 Å². The summed E-state index contributed by atoms with van der Waals surface area (Å²) in [5.74, 6) is -1.48. The Bertz CT molecular complexity index is 1020. The number of imide groups is 2. The molecule has 0 radical (unpaired) electrons. The van der Waals surface area contributed by atoms with Crippen LogP contribution in [0, 0.1) is 5.92 Å². The Morgan fingerprint density at radius 3 is 2.30 bits per heavy atom. The van der Waals surface area contributed by atoms with Crippen molar-refractivity contribution in [2.45, 2.75) is 57.0 Å². The lowest BCUT2D eigenvalue weighted by Crippen LogP contribution is -2.53. The zero-order chi connectivity index (χ0) is 24.0. The quantitative estimate of drug-likeness (QED) is 0.561. The molecule has 1 aromatic carbocycles. The van der Waals surface area contributed by atoms with Gasteiger partial charge >= 0.3 is 12.1 Å². The minimum atomic E-state index is -1.33. The first-order valence-electron chi connectivity index (χ1n) is 11.0. The first-order chi connectivity index (χ1) is 15.6. The fourth-order valence-corrected chi connectivity index (χ4v) is 4.89. The van der Waals surface area contributed by atoms with E-state index in [0.717, 1.165) is 17.7 Å². The molecule has 1 aromatic rings. The van der Waals surface area contributed by atoms with Gasteiger partial charge in [0.2, 0.25) is 0 Å². The molecule has 0 bridgehead atoms. The van der Waals surface area contributed by atoms with Gasteiger partial charge in [-0.1, -0.05) is 37.6 Å². The predicted octanol–water partition coefficient (Wildman–Crippen LogP) is 2.03. The van der Waals surface area contributed by atoms with E-state index in [4.69, 9.17) is 11.6 Å². The molecule has 33 heavy (non-hydrogen) atoms. The molecule has 7 amide bonds. The van der Waals surface area contributed by atoms with Crippen LogP contribution in [-0.4, -0.2) is 51.8 Å². The van der Waals surface area contributed by atoms with Crippen LogP contribution in [0.5, 0.6) is 0 Å². The number of hydrogen-bond donors (Lipinski definition) is 3. The third-order valence-electron chi connectivity index (χ3n) is 6.87. The molecule has 10 nitrogen and oxygen atoms in total. The molecule has 1 unspecified atom stereocenters. The third kappa shape index (κ3) is 3.82. The van der Waals surface area contributed by atoms with E-state index in [9.17, 15) is 24.0 Å². The number of urea groups is 2. The van der Waals surface area contributed by atoms with Gasteiger partial charge in [-0.05, 0) is 55.7 Å². The van der Waals surface area contributed by atoms with E-state index in [-0.39, 0.29) is 6.42 Å². The normalized spacial score (nSPS) is 29.5. The van der Waals surface area contributed by atoms with E-state index in [1.54, 1.807) is 31.2 Å². The molecule has 1 atom stereocenters. The molecule has 3 fully saturated rings. The number of hydrogen-bond acceptors (Lipinski definition) is 5. The average Bonchev–Trinajstić information content (AvgIpc) is 3.16. The van der Waals surface area contributed by atoms with Gasteiger partial charge in [-0.2, -0.15) is 5.01 Å². The first kappa shape index (κ1) is 23.0. The first-order valence-corrected chi connectivity index (χ1v) is 11.4. The average molecular weight is 476 g/mol. The minimum Gasteiger partial charge on any atom is -0.322 e. The van der Waals surface area contributed by atoms with Gasteiger partial charge in [0.05, 0.1) is 0 Å². The number of nitrogens with one attached hydrogen (secondary N) is 3. The summed E-state index contributed by atoms with van der Waals surface area (Å²) in [4.78, 5) is 64.6. The van der Waals surface area contributed by atoms with Crippen LogP contribution < -0.4 is 16.1 Å². The second kappa shape index (κ2) is 8.33. The molecule has 3 aliphatic rings. The van der Waals surface area contributed by atoms with Gasteiger partial charge in [-0.15, -0.1) is 0 Å². The Hall–Kier alpha value is -3.14. The van der Waals surface area contributed by atoms with Crippen molar-refractivity contribution < 1.29 is 24.0 Å². The van der Waals surface area contributed by atoms with Crippen molar-refractivity contribution >= 4 is 41.4 Å². The second-order valence-electron chi connectivity index (χ2n) is 8.96. The van der Waals surface area contributed by atoms with Crippen LogP contribution in [0.4, 0.5) is 9.59 Å². The molecule has 1 spiro atoms. The predicted molar refractivity (Wildman–Crippen MR) is 118 cm³/mol. The van der Waals surface area contributed by atoms with Crippen LogP contribution in [0.1, 0.15) is 51.5 Å². The maximum Gasteiger partial charge on any atom is 0.344 e. The van der Waals surface area contributed by atoms with Gasteiger partial charge in [0, 0.05) is 5.02 Å². The van der Waals surface area contributed by atoms with Gasteiger partial charge in [0.15, 0.2) is 0 Å². The molecule has 3 N–H and O–H groups in total. The number of amides is 7. The van der Waals surface area contributed by atoms with E-state index in [0.29, 0.717) is 34.4 Å². The van der Waals surface area contributed by atoms with Crippen LogP contribution in [0.2, 0.25) is 5.02 Å². The van der Waals surface area contributed by atoms with Crippen molar-refractivity contribution in [2.24, 2.45) is 5.92 Å². The highest BCUT2D eigenvalue weighted by Crippen LogP contribution is 2.36. The SMILES string of the molecule is CCC1(c2ccc(Cl)cc2)NC(=O)N(CC(=O)NN2C(=O)NC3(CCC(C)CC3)C2=O)C1=O. The minimum absolute atomic E-state index is 0.255. The van der Waals surface area contributed by atoms with Crippen LogP contribution in [0.15, 0.2) is 24.3 Å². The Balaban J connectivity index is 1.46. The maximum absolute atomic E-state index is 13.2. The third-order valence-corrected chi connectivity index (χ3v) is 7.12. The summed E-state index contributed by atoms with van der Waals surface area (Å²) in [6.45, 7) is 3.20. The number of hydrazine groups is 1. The Morgan fingerprint density at radius 2 is 1.70 bits per heavy atom. The van der Waals surface area contributed by atoms with Gasteiger partial charge in [0.25, 0.3) is 17.7 Å². The molecule has 2 heterocycles. The van der Waals surface area contributed by atoms with Gasteiger partial charge in [0.1, 0.15) is 17.6 Å². The van der Waals surface area contributed by atoms with E-state index < -0.39 is 47.4 Å². The van der Waals surface area contributed by atoms with Crippen LogP contribution in [0.25, 0.3) is 0 Å². The smallest absolute Gasteiger partial charge is 0.322 e. The topological polar surface area (TPSA) is 128 Å². The maximum atomic E-state index is 13.2. The zero-order valence-corrected chi connectivity index (χ0v) is 19.2. The molecule has 2 saturated heterocycles. The number of nitrogens with zero attached hydrogens (tertiary/aromatic N) is 2. The molecular formula is C22H26ClN5O5. The summed E-state index contributed by atoms with van der Waals surface area (Å²) in [5.41, 5.74) is 0.465. The van der Waals surface area contributed by atoms with Crippen LogP contribution >= 0.6 is 11.6 Å². The molecule has 1 saturated carbocycles. The van der Waals surface area contributed by atoms with Crippen molar-refractivity contribution in [1.29, 1.82) is 0 Å². The molecule has 176 valence electrons. The summed E-state index contributed by atoms with van der Waals surface area (Å²) in [6, 6.07) is 5.06. The Morgan fingerprint density at radius 1 is 1.06 bits per heavy atom. The summed E-state index contributed by atoms with van der Waals surface area (Å²) >= 11 is 5.93. The standard InChI is InChI=1S/C22H26ClN5O5/c1-3-22(14-4-6-15(23)7-5-14)18(31)27(19(32)25-22)12-16(29)26-28-17(30)21(24-20(28)33)10-8-13(2)9-11-21/h4-7,13H,3,8-12H2,1-2H3,(H,24,33)(H,25,32)(H,26,29). The van der Waals surface area contributed by atoms with Crippen molar-refractivity contribution in [3.05, 3.63) is 34.9 Å². The molecule has 1 aliphatic carbocycles. The van der Waals surface area contributed by atoms with E-state index in [1.165, 1.54) is 0 Å². The van der Waals surface area contributed by atoms with Gasteiger partial charge in [-0.25, -0.2) is 9.59 Å². The Labute approximate surface area is 196 Å². The van der Waals surface area contributed by atoms with E-state index in [2.05, 4.69) is 23.0 Å². The van der Waals surface area contributed by atoms with Crippen molar-refractivity contribution in [1.82, 2.24) is 26.0 Å². The molecule has 2 aliphatic heterocycles. The molecular weight excluding hydrogens is 450 g/mol. The van der Waals surface area contributed by atoms with Crippen molar-refractivity contribution in [2.75, 3.05) is 6.54 Å². The van der Waals surface area contributed by atoms with Crippen molar-refractivity contribution in [3.63, 3.8) is 0 Å². The van der Waals surface area contributed by atoms with E-state index >= 15 is 0 Å². The van der Waals surface area contributed by atoms with Crippen LogP contribution in [-0.2, 0) is 19.9 Å². The fourth-order valence-electron chi connectivity index (χ4n) is 4.76. The highest BCUT2D eigenvalue weighted by molar-refractivity contribution is 6.30. The lowest BCUT2D eigenvalue weighted by Gasteiger charge is -2.33. The monoisotopic (exact) mass is 475 g/mol. The number of halogens is 1. The lowest BCUT2D eigenvalue weighted by atomic mass is 9.77. The molecule has 0 aromatic heterocycles. The largest absolute Gasteiger partial charge is 0.344 e. The summed E-state index contributed by atoms with van der Waals surface area (Å²) in [7, 11) is 0. The number of rotatable bonds is 5. The summed E-state index contributed by atoms with van der Waals surface area (Å²) in [6.07, 6.45) is 2.84. The summed E-state index contributed by atoms with van der Waals surface area (Å²) < 4.78 is 0. The highest BCUT2D eigenvalue weighted by atomic mass is 35.5. The van der Waals surface area contributed by atoms with Gasteiger partial charge in [-0.3, -0.25) is 24.7 Å². The zero-order valence-electron chi connectivity index (χ0n) is 18.4. The molecule has 4 rings (SSSR count). The number of benzene rings is 1. The highest BCUT2D eigenvalue weighted by Gasteiger charge is 2.54. The number of carbonyl (C=O) groups is 5. The summed E-state index contributed by atoms with van der Waals surface area (Å²) in [5, 5.41) is 6.52.